The van der Waals surface area contributed by atoms with Gasteiger partial charge in [-0.15, -0.1) is 0 Å². The maximum absolute atomic E-state index is 15.2. The van der Waals surface area contributed by atoms with Gasteiger partial charge < -0.3 is 50.3 Å². The van der Waals surface area contributed by atoms with Gasteiger partial charge in [-0.25, -0.2) is 4.79 Å². The number of nitrogens with one attached hydrogen (secondary N) is 3. The zero-order valence-electron chi connectivity index (χ0n) is 49.8. The molecule has 4 N–H and O–H groups in total. The lowest BCUT2D eigenvalue weighted by Crippen LogP contribution is -2.62. The van der Waals surface area contributed by atoms with Gasteiger partial charge in [0, 0.05) is 63.6 Å². The van der Waals surface area contributed by atoms with Crippen LogP contribution in [0.5, 0.6) is 0 Å². The summed E-state index contributed by atoms with van der Waals surface area (Å²) in [5.74, 6) is -7.78. The van der Waals surface area contributed by atoms with E-state index in [1.54, 1.807) is 18.7 Å². The van der Waals surface area contributed by atoms with E-state index in [2.05, 4.69) is 38.5 Å². The molecule has 2 bridgehead atoms. The molecule has 0 aliphatic carbocycles. The van der Waals surface area contributed by atoms with Crippen molar-refractivity contribution < 1.29 is 53.0 Å². The van der Waals surface area contributed by atoms with Gasteiger partial charge in [-0.3, -0.25) is 38.4 Å². The van der Waals surface area contributed by atoms with Crippen LogP contribution < -0.4 is 16.0 Å². The summed E-state index contributed by atoms with van der Waals surface area (Å²) in [5, 5.41) is 20.5. The second kappa shape index (κ2) is 30.4. The first kappa shape index (κ1) is 66.9. The number of halogens is 1. The Kier molecular flexibility index (Phi) is 25.4. The molecule has 19 nitrogen and oxygen atoms in total. The van der Waals surface area contributed by atoms with Crippen molar-refractivity contribution in [2.24, 2.45) is 23.7 Å². The lowest BCUT2D eigenvalue weighted by Gasteiger charge is -2.39. The van der Waals surface area contributed by atoms with E-state index in [-0.39, 0.29) is 57.5 Å². The van der Waals surface area contributed by atoms with Crippen molar-refractivity contribution in [3.8, 4) is 0 Å². The highest BCUT2D eigenvalue weighted by Gasteiger charge is 2.47. The summed E-state index contributed by atoms with van der Waals surface area (Å²) in [6, 6.07) is 7.99. The quantitative estimate of drug-likeness (QED) is 0.135. The minimum Gasteiger partial charge on any atom is -0.450 e. The monoisotopic (exact) mass is 1230 g/mol. The summed E-state index contributed by atoms with van der Waals surface area (Å²) in [5.41, 5.74) is -0.480. The Hall–Kier alpha value is -5.64. The van der Waals surface area contributed by atoms with Gasteiger partial charge in [-0.2, -0.15) is 0 Å². The molecule has 20 heteroatoms. The normalized spacial score (nSPS) is 26.2. The summed E-state index contributed by atoms with van der Waals surface area (Å²) in [7, 11) is 5.75. The third kappa shape index (κ3) is 17.4. The summed E-state index contributed by atoms with van der Waals surface area (Å²) in [6.07, 6.45) is 1.04. The zero-order chi connectivity index (χ0) is 59.9. The van der Waals surface area contributed by atoms with Crippen LogP contribution in [-0.2, 0) is 60.7 Å². The largest absolute Gasteiger partial charge is 0.450 e. The fourth-order valence-electron chi connectivity index (χ4n) is 10.7. The van der Waals surface area contributed by atoms with Crippen LogP contribution in [0.3, 0.4) is 0 Å². The van der Waals surface area contributed by atoms with Crippen molar-refractivity contribution in [2.75, 3.05) is 41.3 Å². The van der Waals surface area contributed by atoms with Crippen LogP contribution >= 0.6 is 22.6 Å². The highest BCUT2D eigenvalue weighted by Crippen LogP contribution is 2.27. The van der Waals surface area contributed by atoms with Gasteiger partial charge in [0.1, 0.15) is 36.3 Å². The van der Waals surface area contributed by atoms with Crippen LogP contribution in [0, 0.1) is 27.2 Å². The molecule has 2 aliphatic rings. The number of cyclic esters (lactones) is 1. The molecule has 2 fully saturated rings. The van der Waals surface area contributed by atoms with E-state index in [1.807, 2.05) is 96.1 Å². The Morgan fingerprint density at radius 2 is 1.16 bits per heavy atom. The molecule has 2 aromatic rings. The minimum absolute atomic E-state index is 0.00211. The number of amides is 8. The first-order chi connectivity index (χ1) is 37.6. The maximum atomic E-state index is 15.2. The Bertz CT molecular complexity index is 2470. The molecule has 11 atom stereocenters. The third-order valence-electron chi connectivity index (χ3n) is 15.9. The van der Waals surface area contributed by atoms with E-state index in [0.29, 0.717) is 31.2 Å². The Morgan fingerprint density at radius 1 is 0.625 bits per heavy atom. The molecule has 444 valence electrons. The van der Waals surface area contributed by atoms with Crippen LogP contribution in [0.25, 0.3) is 0 Å². The first-order valence-corrected chi connectivity index (χ1v) is 29.7. The van der Waals surface area contributed by atoms with Crippen LogP contribution in [0.15, 0.2) is 54.6 Å². The molecular weight excluding hydrogens is 1140 g/mol. The number of likely N-dealkylation sites (N-methyl/N-ethyl adjacent to an activating group) is 4. The highest BCUT2D eigenvalue weighted by atomic mass is 127. The molecular formula is C60H91IN8O11. The van der Waals surface area contributed by atoms with Crippen LogP contribution in [-0.4, -0.2) is 178 Å². The molecule has 0 radical (unpaired) electrons. The van der Waals surface area contributed by atoms with Gasteiger partial charge >= 0.3 is 5.97 Å². The summed E-state index contributed by atoms with van der Waals surface area (Å²) in [6.45, 7) is 17.5. The molecule has 2 heterocycles. The van der Waals surface area contributed by atoms with Crippen molar-refractivity contribution in [2.45, 2.75) is 187 Å². The summed E-state index contributed by atoms with van der Waals surface area (Å²) < 4.78 is 7.01. The lowest BCUT2D eigenvalue weighted by molar-refractivity contribution is -0.177. The average Bonchev–Trinajstić information content (AvgIpc) is 3.97. The van der Waals surface area contributed by atoms with Crippen LogP contribution in [0.2, 0.25) is 0 Å². The Labute approximate surface area is 488 Å². The number of carbonyl (C=O) groups is 9. The smallest absolute Gasteiger partial charge is 0.332 e. The van der Waals surface area contributed by atoms with Gasteiger partial charge in [-0.05, 0) is 104 Å². The molecule has 2 aliphatic heterocycles. The molecule has 0 aromatic heterocycles. The van der Waals surface area contributed by atoms with Crippen LogP contribution in [0.1, 0.15) is 132 Å². The topological polar surface area (TPSA) is 235 Å². The van der Waals surface area contributed by atoms with Gasteiger partial charge in [0.05, 0.1) is 11.5 Å². The van der Waals surface area contributed by atoms with E-state index >= 15 is 9.59 Å². The summed E-state index contributed by atoms with van der Waals surface area (Å²) >= 11 is 2.18. The van der Waals surface area contributed by atoms with E-state index in [0.717, 1.165) is 14.0 Å². The van der Waals surface area contributed by atoms with Crippen molar-refractivity contribution in [1.82, 2.24) is 40.4 Å². The molecule has 4 rings (SSSR count). The standard InChI is InChI=1S/C60H91IN8O11/c1-15-23-45-52(71)62-43(31-36(5)6)55(74)68(14)50(60(9,10)79)59(78)80-49(38(8)18-4)58(77)66(12)46(24-16-2)53(72)63-44(33-39-25-20-19-21-26-39)54(73)67(13)47(34-40-27-22-28-42(61)32-40)56(75)69-30-29-41(35-69)51(70)64-48(37(7)17-3)57(76)65(45)11/h19-22,25-28,32,36-38,41,43-50,79H,15-18,23-24,29-31,33-35H2,1-14H3,(H,62,71)(H,63,72)(H,64,70)/t37?,38-,41?,43?,44?,45+,46+,47+,48?,49?,50?/m1/s1. The number of hydrogen-bond donors (Lipinski definition) is 4. The fraction of sp³-hybridized carbons (Fsp3) is 0.650. The number of benzene rings is 2. The highest BCUT2D eigenvalue weighted by molar-refractivity contribution is 14.1. The van der Waals surface area contributed by atoms with Gasteiger partial charge in [0.15, 0.2) is 12.1 Å². The van der Waals surface area contributed by atoms with Crippen molar-refractivity contribution in [3.05, 3.63) is 69.3 Å². The minimum atomic E-state index is -1.96. The maximum Gasteiger partial charge on any atom is 0.332 e. The summed E-state index contributed by atoms with van der Waals surface area (Å²) in [4.78, 5) is 140. The van der Waals surface area contributed by atoms with E-state index in [1.165, 1.54) is 56.7 Å². The second-order valence-corrected chi connectivity index (χ2v) is 24.4. The number of aliphatic hydroxyl groups is 1. The van der Waals surface area contributed by atoms with Gasteiger partial charge in [0.25, 0.3) is 5.91 Å². The number of ether oxygens (including phenoxy) is 1. The molecule has 8 amide bonds. The van der Waals surface area contributed by atoms with E-state index in [9.17, 15) is 38.7 Å². The zero-order valence-corrected chi connectivity index (χ0v) is 51.9. The molecule has 0 spiro atoms. The number of rotatable bonds is 15. The molecule has 80 heavy (non-hydrogen) atoms. The lowest BCUT2D eigenvalue weighted by atomic mass is 9.94. The third-order valence-corrected chi connectivity index (χ3v) is 16.6. The predicted molar refractivity (Wildman–Crippen MR) is 314 cm³/mol. The SMILES string of the molecule is CCC[C@H]1C(=O)NC(CC(C)C)C(=O)N(C)C(C(C)(C)O)C(=O)OC([C@H](C)CC)C(=O)N(C)[C@@H](CCC)C(=O)NC(Cc2ccccc2)C(=O)N(C)[C@@H](Cc2cccc(I)c2)C(=O)N2CCC(C2)C(=O)NC(C(C)CC)C(=O)N1C. The molecule has 2 aromatic carbocycles. The van der Waals surface area contributed by atoms with Crippen molar-refractivity contribution in [1.29, 1.82) is 0 Å². The van der Waals surface area contributed by atoms with E-state index < -0.39 is 125 Å². The molecule has 0 saturated carbocycles. The predicted octanol–water partition coefficient (Wildman–Crippen LogP) is 5.12. The number of esters is 1. The number of hydrogen-bond acceptors (Lipinski definition) is 11. The van der Waals surface area contributed by atoms with Crippen molar-refractivity contribution >= 4 is 75.8 Å². The number of fused-ring (bicyclic) bond motifs is 2. The Morgan fingerprint density at radius 3 is 1.70 bits per heavy atom. The fourth-order valence-corrected chi connectivity index (χ4v) is 11.3. The number of carbonyl (C=O) groups excluding carboxylic acids is 9. The van der Waals surface area contributed by atoms with Crippen molar-refractivity contribution in [3.63, 3.8) is 0 Å². The average molecular weight is 1230 g/mol. The molecule has 2 saturated heterocycles. The van der Waals surface area contributed by atoms with E-state index in [4.69, 9.17) is 4.74 Å². The number of nitrogens with zero attached hydrogens (tertiary/aromatic N) is 5. The second-order valence-electron chi connectivity index (χ2n) is 23.1. The first-order valence-electron chi connectivity index (χ1n) is 28.6. The molecule has 7 unspecified atom stereocenters. The Balaban J connectivity index is 1.93. The van der Waals surface area contributed by atoms with Gasteiger partial charge in [-0.1, -0.05) is 117 Å². The van der Waals surface area contributed by atoms with Gasteiger partial charge in [0.2, 0.25) is 41.4 Å². The van der Waals surface area contributed by atoms with Crippen LogP contribution in [0.4, 0.5) is 0 Å².